The van der Waals surface area contributed by atoms with Gasteiger partial charge in [0.05, 0.1) is 11.6 Å². The van der Waals surface area contributed by atoms with E-state index >= 15 is 0 Å². The molecular weight excluding hydrogens is 434 g/mol. The summed E-state index contributed by atoms with van der Waals surface area (Å²) in [7, 11) is 0. The fraction of sp³-hybridized carbons (Fsp3) is 0.360. The van der Waals surface area contributed by atoms with Crippen molar-refractivity contribution < 1.29 is 19.5 Å². The molecule has 4 N–H and O–H groups in total. The molecule has 1 fully saturated rings. The Morgan fingerprint density at radius 3 is 2.44 bits per heavy atom. The van der Waals surface area contributed by atoms with Crippen LogP contribution >= 0.6 is 0 Å². The minimum absolute atomic E-state index is 0.107. The highest BCUT2D eigenvalue weighted by atomic mass is 16.3. The maximum absolute atomic E-state index is 13.2. The summed E-state index contributed by atoms with van der Waals surface area (Å²) in [6, 6.07) is 14.2. The monoisotopic (exact) mass is 463 g/mol. The van der Waals surface area contributed by atoms with Crippen molar-refractivity contribution in [1.29, 1.82) is 5.26 Å². The first kappa shape index (κ1) is 24.7. The Balaban J connectivity index is 1.68. The number of aliphatic hydroxyl groups excluding tert-OH is 1. The number of hydrogen-bond donors (Lipinski definition) is 3. The molecule has 2 aromatic carbocycles. The molecule has 0 unspecified atom stereocenters. The molecule has 34 heavy (non-hydrogen) atoms. The lowest BCUT2D eigenvalue weighted by molar-refractivity contribution is -0.123. The average molecular weight is 464 g/mol. The van der Waals surface area contributed by atoms with Gasteiger partial charge in [-0.1, -0.05) is 18.2 Å². The first-order valence-electron chi connectivity index (χ1n) is 11.2. The highest BCUT2D eigenvalue weighted by Crippen LogP contribution is 2.29. The Bertz CT molecular complexity index is 1090. The van der Waals surface area contributed by atoms with Crippen molar-refractivity contribution in [2.75, 3.05) is 37.7 Å². The number of anilines is 1. The van der Waals surface area contributed by atoms with E-state index in [1.165, 1.54) is 10.5 Å². The smallest absolute Gasteiger partial charge is 0.319 e. The number of carbonyl (C=O) groups is 3. The summed E-state index contributed by atoms with van der Waals surface area (Å²) in [4.78, 5) is 39.6. The van der Waals surface area contributed by atoms with Crippen LogP contribution in [0.1, 0.15) is 45.8 Å². The van der Waals surface area contributed by atoms with Crippen LogP contribution in [0.15, 0.2) is 42.5 Å². The molecule has 0 radical (unpaired) electrons. The molecule has 0 saturated carbocycles. The van der Waals surface area contributed by atoms with Crippen molar-refractivity contribution in [2.24, 2.45) is 5.73 Å². The van der Waals surface area contributed by atoms with E-state index in [2.05, 4.69) is 11.4 Å². The molecule has 178 valence electrons. The predicted molar refractivity (Wildman–Crippen MR) is 127 cm³/mol. The molecule has 1 saturated heterocycles. The number of primary amides is 1. The van der Waals surface area contributed by atoms with Gasteiger partial charge in [0.1, 0.15) is 6.61 Å². The lowest BCUT2D eigenvalue weighted by Crippen LogP contribution is -2.42. The summed E-state index contributed by atoms with van der Waals surface area (Å²) in [6.07, 6.45) is 1.66. The molecule has 0 atom stereocenters. The molecule has 9 nitrogen and oxygen atoms in total. The normalized spacial score (nSPS) is 13.7. The van der Waals surface area contributed by atoms with Crippen LogP contribution < -0.4 is 16.0 Å². The van der Waals surface area contributed by atoms with E-state index < -0.39 is 18.5 Å². The van der Waals surface area contributed by atoms with Gasteiger partial charge in [-0.05, 0) is 61.1 Å². The molecule has 1 heterocycles. The van der Waals surface area contributed by atoms with E-state index in [9.17, 15) is 14.4 Å². The standard InChI is InChI=1S/C25H29N5O4/c1-17-2-5-21(14-22(17)30(25(27)34)13-10-28-23(32)16-31)24(33)29-11-8-20(9-12-29)19-6-3-18(15-26)4-7-19/h2-7,14,20,31H,8-13,16H2,1H3,(H2,27,34)(H,28,32). The van der Waals surface area contributed by atoms with Gasteiger partial charge in [-0.3, -0.25) is 14.5 Å². The maximum Gasteiger partial charge on any atom is 0.319 e. The fourth-order valence-electron chi connectivity index (χ4n) is 4.17. The van der Waals surface area contributed by atoms with E-state index in [0.29, 0.717) is 35.8 Å². The number of hydrogen-bond acceptors (Lipinski definition) is 5. The lowest BCUT2D eigenvalue weighted by atomic mass is 9.89. The predicted octanol–water partition coefficient (Wildman–Crippen LogP) is 1.88. The van der Waals surface area contributed by atoms with E-state index in [1.54, 1.807) is 18.2 Å². The third-order valence-electron chi connectivity index (χ3n) is 6.11. The van der Waals surface area contributed by atoms with Crippen LogP contribution in [-0.2, 0) is 4.79 Å². The molecule has 1 aliphatic heterocycles. The molecule has 4 amide bonds. The Hall–Kier alpha value is -3.90. The number of nitrogens with one attached hydrogen (secondary N) is 1. The molecule has 2 aromatic rings. The van der Waals surface area contributed by atoms with Gasteiger partial charge in [0.25, 0.3) is 5.91 Å². The van der Waals surface area contributed by atoms with E-state index in [-0.39, 0.29) is 19.0 Å². The molecular formula is C25H29N5O4. The van der Waals surface area contributed by atoms with E-state index in [0.717, 1.165) is 18.4 Å². The van der Waals surface area contributed by atoms with Crippen LogP contribution in [0.4, 0.5) is 10.5 Å². The second-order valence-corrected chi connectivity index (χ2v) is 8.30. The maximum atomic E-state index is 13.2. The summed E-state index contributed by atoms with van der Waals surface area (Å²) >= 11 is 0. The number of nitrogens with zero attached hydrogens (tertiary/aromatic N) is 3. The van der Waals surface area contributed by atoms with Crippen LogP contribution in [-0.4, -0.2) is 60.6 Å². The second kappa shape index (κ2) is 11.3. The number of nitriles is 1. The van der Waals surface area contributed by atoms with Crippen molar-refractivity contribution in [1.82, 2.24) is 10.2 Å². The van der Waals surface area contributed by atoms with Crippen molar-refractivity contribution in [2.45, 2.75) is 25.7 Å². The summed E-state index contributed by atoms with van der Waals surface area (Å²) in [5.41, 5.74) is 9.10. The number of aliphatic hydroxyl groups is 1. The lowest BCUT2D eigenvalue weighted by Gasteiger charge is -2.32. The summed E-state index contributed by atoms with van der Waals surface area (Å²) in [6.45, 7) is 2.62. The van der Waals surface area contributed by atoms with E-state index in [1.807, 2.05) is 36.1 Å². The Morgan fingerprint density at radius 1 is 1.18 bits per heavy atom. The number of urea groups is 1. The number of piperidine rings is 1. The topological polar surface area (TPSA) is 140 Å². The molecule has 0 spiro atoms. The van der Waals surface area contributed by atoms with Gasteiger partial charge in [-0.2, -0.15) is 5.26 Å². The number of carbonyl (C=O) groups excluding carboxylic acids is 3. The summed E-state index contributed by atoms with van der Waals surface area (Å²) < 4.78 is 0. The summed E-state index contributed by atoms with van der Waals surface area (Å²) in [5, 5.41) is 20.3. The first-order chi connectivity index (χ1) is 16.3. The number of nitrogens with two attached hydrogens (primary N) is 1. The van der Waals surface area contributed by atoms with Crippen LogP contribution in [0.5, 0.6) is 0 Å². The third-order valence-corrected chi connectivity index (χ3v) is 6.11. The average Bonchev–Trinajstić information content (AvgIpc) is 2.86. The van der Waals surface area contributed by atoms with Gasteiger partial charge in [0.2, 0.25) is 5.91 Å². The SMILES string of the molecule is Cc1ccc(C(=O)N2CCC(c3ccc(C#N)cc3)CC2)cc1N(CCNC(=O)CO)C(N)=O. The number of aryl methyl sites for hydroxylation is 1. The van der Waals surface area contributed by atoms with Gasteiger partial charge < -0.3 is 21.1 Å². The number of amides is 4. The van der Waals surface area contributed by atoms with Gasteiger partial charge in [0, 0.05) is 37.4 Å². The molecule has 9 heteroatoms. The molecule has 1 aliphatic rings. The quantitative estimate of drug-likeness (QED) is 0.575. The zero-order chi connectivity index (χ0) is 24.7. The molecule has 0 bridgehead atoms. The van der Waals surface area contributed by atoms with Crippen LogP contribution in [0.2, 0.25) is 0 Å². The molecule has 0 aromatic heterocycles. The minimum atomic E-state index is -0.700. The number of rotatable bonds is 7. The Kier molecular flexibility index (Phi) is 8.22. The second-order valence-electron chi connectivity index (χ2n) is 8.30. The zero-order valence-corrected chi connectivity index (χ0v) is 19.2. The largest absolute Gasteiger partial charge is 0.387 e. The third kappa shape index (κ3) is 5.91. The van der Waals surface area contributed by atoms with Gasteiger partial charge in [-0.15, -0.1) is 0 Å². The number of likely N-dealkylation sites (tertiary alicyclic amines) is 1. The fourth-order valence-corrected chi connectivity index (χ4v) is 4.17. The zero-order valence-electron chi connectivity index (χ0n) is 19.2. The number of benzene rings is 2. The molecule has 0 aliphatic carbocycles. The highest BCUT2D eigenvalue weighted by molar-refractivity contribution is 5.98. The van der Waals surface area contributed by atoms with Crippen molar-refractivity contribution in [3.63, 3.8) is 0 Å². The van der Waals surface area contributed by atoms with Gasteiger partial charge >= 0.3 is 6.03 Å². The van der Waals surface area contributed by atoms with Crippen molar-refractivity contribution in [3.05, 3.63) is 64.7 Å². The molecule has 3 rings (SSSR count). The minimum Gasteiger partial charge on any atom is -0.387 e. The van der Waals surface area contributed by atoms with Gasteiger partial charge in [-0.25, -0.2) is 4.79 Å². The van der Waals surface area contributed by atoms with Gasteiger partial charge in [0.15, 0.2) is 0 Å². The highest BCUT2D eigenvalue weighted by Gasteiger charge is 2.26. The van der Waals surface area contributed by atoms with Crippen LogP contribution in [0, 0.1) is 18.3 Å². The Labute approximate surface area is 198 Å². The van der Waals surface area contributed by atoms with Crippen LogP contribution in [0.3, 0.4) is 0 Å². The van der Waals surface area contributed by atoms with E-state index in [4.69, 9.17) is 16.1 Å². The van der Waals surface area contributed by atoms with Crippen LogP contribution in [0.25, 0.3) is 0 Å². The Morgan fingerprint density at radius 2 is 1.85 bits per heavy atom. The van der Waals surface area contributed by atoms with Crippen molar-refractivity contribution in [3.8, 4) is 6.07 Å². The first-order valence-corrected chi connectivity index (χ1v) is 11.2. The summed E-state index contributed by atoms with van der Waals surface area (Å²) in [5.74, 6) is -0.322. The van der Waals surface area contributed by atoms with Crippen molar-refractivity contribution >= 4 is 23.5 Å².